The fourth-order valence-electron chi connectivity index (χ4n) is 3.36. The highest BCUT2D eigenvalue weighted by molar-refractivity contribution is 6.15. The molecule has 0 bridgehead atoms. The predicted molar refractivity (Wildman–Crippen MR) is 115 cm³/mol. The fourth-order valence-corrected chi connectivity index (χ4v) is 3.36. The molecule has 3 rings (SSSR count). The minimum absolute atomic E-state index is 0.0160. The average molecular weight is 501 g/mol. The van der Waals surface area contributed by atoms with Crippen molar-refractivity contribution in [3.8, 4) is 11.5 Å². The number of carbonyl (C=O) groups excluding carboxylic acids is 1. The zero-order valence-electron chi connectivity index (χ0n) is 18.6. The molecular formula is C23H21F6N3O3. The lowest BCUT2D eigenvalue weighted by atomic mass is 10.0. The number of likely N-dealkylation sites (N-methyl/N-ethyl adjacent to an activating group) is 1. The third-order valence-corrected chi connectivity index (χ3v) is 5.03. The third-order valence-electron chi connectivity index (χ3n) is 5.03. The van der Waals surface area contributed by atoms with E-state index in [0.29, 0.717) is 18.2 Å². The number of urea groups is 1. The summed E-state index contributed by atoms with van der Waals surface area (Å²) >= 11 is 0. The monoisotopic (exact) mass is 501 g/mol. The lowest BCUT2D eigenvalue weighted by Gasteiger charge is -2.17. The number of halogens is 6. The molecule has 2 N–H and O–H groups in total. The second-order valence-electron chi connectivity index (χ2n) is 7.38. The highest BCUT2D eigenvalue weighted by Gasteiger charge is 2.38. The van der Waals surface area contributed by atoms with Crippen molar-refractivity contribution in [3.63, 3.8) is 0 Å². The number of amides is 2. The SMILES string of the molecule is CCOc1cc(/C=C2\NC(=O)N(CC)C2=N)ccc1OCc1ccc(C(F)(F)F)cc1C(F)(F)F. The zero-order valence-corrected chi connectivity index (χ0v) is 18.6. The normalized spacial score (nSPS) is 15.5. The van der Waals surface area contributed by atoms with Crippen LogP contribution in [0.3, 0.4) is 0 Å². The van der Waals surface area contributed by atoms with Gasteiger partial charge >= 0.3 is 18.4 Å². The third kappa shape index (κ3) is 5.87. The maximum atomic E-state index is 13.4. The second kappa shape index (κ2) is 9.88. The molecule has 2 amide bonds. The van der Waals surface area contributed by atoms with Gasteiger partial charge in [0.1, 0.15) is 6.61 Å². The maximum absolute atomic E-state index is 13.4. The molecule has 1 fully saturated rings. The Hall–Kier alpha value is -3.70. The topological polar surface area (TPSA) is 74.7 Å². The molecule has 2 aromatic rings. The van der Waals surface area contributed by atoms with E-state index in [1.807, 2.05) is 0 Å². The van der Waals surface area contributed by atoms with Crippen LogP contribution in [0.1, 0.15) is 36.1 Å². The lowest BCUT2D eigenvalue weighted by Crippen LogP contribution is -2.29. The molecule has 1 heterocycles. The van der Waals surface area contributed by atoms with Crippen molar-refractivity contribution in [1.82, 2.24) is 10.2 Å². The van der Waals surface area contributed by atoms with Crippen molar-refractivity contribution >= 4 is 17.9 Å². The first kappa shape index (κ1) is 25.9. The number of carbonyl (C=O) groups is 1. The summed E-state index contributed by atoms with van der Waals surface area (Å²) in [5, 5.41) is 10.6. The lowest BCUT2D eigenvalue weighted by molar-refractivity contribution is -0.143. The molecular weight excluding hydrogens is 480 g/mol. The van der Waals surface area contributed by atoms with Crippen molar-refractivity contribution in [1.29, 1.82) is 5.41 Å². The molecule has 1 aliphatic rings. The van der Waals surface area contributed by atoms with E-state index in [0.717, 1.165) is 6.07 Å². The number of ether oxygens (including phenoxy) is 2. The molecule has 0 spiro atoms. The number of hydrogen-bond donors (Lipinski definition) is 2. The summed E-state index contributed by atoms with van der Waals surface area (Å²) in [6.07, 6.45) is -8.41. The summed E-state index contributed by atoms with van der Waals surface area (Å²) in [5.74, 6) is 0.228. The van der Waals surface area contributed by atoms with Gasteiger partial charge in [0.25, 0.3) is 0 Å². The van der Waals surface area contributed by atoms with Gasteiger partial charge in [0.05, 0.1) is 23.4 Å². The number of alkyl halides is 6. The number of benzene rings is 2. The van der Waals surface area contributed by atoms with Crippen LogP contribution in [0.4, 0.5) is 31.1 Å². The van der Waals surface area contributed by atoms with Crippen LogP contribution < -0.4 is 14.8 Å². The van der Waals surface area contributed by atoms with Gasteiger partial charge in [0, 0.05) is 12.1 Å². The van der Waals surface area contributed by atoms with Gasteiger partial charge in [-0.2, -0.15) is 26.3 Å². The molecule has 0 aliphatic carbocycles. The molecule has 0 aromatic heterocycles. The van der Waals surface area contributed by atoms with Crippen molar-refractivity contribution < 1.29 is 40.6 Å². The Kier molecular flexibility index (Phi) is 7.32. The summed E-state index contributed by atoms with van der Waals surface area (Å²) in [6.45, 7) is 3.25. The Bertz CT molecular complexity index is 1160. The Labute approximate surface area is 196 Å². The highest BCUT2D eigenvalue weighted by Crippen LogP contribution is 2.38. The molecule has 0 radical (unpaired) electrons. The van der Waals surface area contributed by atoms with E-state index in [9.17, 15) is 31.1 Å². The van der Waals surface area contributed by atoms with Gasteiger partial charge in [-0.25, -0.2) is 4.79 Å². The van der Waals surface area contributed by atoms with E-state index in [2.05, 4.69) is 5.32 Å². The van der Waals surface area contributed by atoms with Crippen LogP contribution in [-0.2, 0) is 19.0 Å². The first-order valence-corrected chi connectivity index (χ1v) is 10.4. The van der Waals surface area contributed by atoms with Gasteiger partial charge in [-0.1, -0.05) is 12.1 Å². The van der Waals surface area contributed by atoms with Crippen LogP contribution in [0.15, 0.2) is 42.1 Å². The van der Waals surface area contributed by atoms with E-state index in [1.165, 1.54) is 29.2 Å². The Balaban J connectivity index is 1.87. The summed E-state index contributed by atoms with van der Waals surface area (Å²) in [6, 6.07) is 5.39. The van der Waals surface area contributed by atoms with Crippen molar-refractivity contribution in [2.45, 2.75) is 32.8 Å². The van der Waals surface area contributed by atoms with Crippen molar-refractivity contribution in [3.05, 3.63) is 64.3 Å². The zero-order chi connectivity index (χ0) is 26.0. The number of nitrogens with one attached hydrogen (secondary N) is 2. The van der Waals surface area contributed by atoms with Gasteiger partial charge < -0.3 is 14.8 Å². The standard InChI is InChI=1S/C23H21F6N3O3/c1-3-32-20(30)17(31-21(32)33)9-13-5-8-18(19(10-13)34-4-2)35-12-14-6-7-15(22(24,25)26)11-16(14)23(27,28)29/h5-11,30H,3-4,12H2,1-2H3,(H,31,33)/b17-9-,30-20?. The van der Waals surface area contributed by atoms with Crippen LogP contribution in [0.25, 0.3) is 6.08 Å². The fraction of sp³-hybridized carbons (Fsp3) is 0.304. The largest absolute Gasteiger partial charge is 0.490 e. The Morgan fingerprint density at radius 2 is 1.69 bits per heavy atom. The van der Waals surface area contributed by atoms with E-state index < -0.39 is 41.7 Å². The molecule has 1 aliphatic heterocycles. The molecule has 35 heavy (non-hydrogen) atoms. The summed E-state index contributed by atoms with van der Waals surface area (Å²) < 4.78 is 89.8. The second-order valence-corrected chi connectivity index (χ2v) is 7.38. The van der Waals surface area contributed by atoms with Crippen LogP contribution in [0.5, 0.6) is 11.5 Å². The molecule has 1 saturated heterocycles. The predicted octanol–water partition coefficient (Wildman–Crippen LogP) is 6.07. The quantitative estimate of drug-likeness (QED) is 0.453. The van der Waals surface area contributed by atoms with E-state index in [4.69, 9.17) is 14.9 Å². The number of nitrogens with zero attached hydrogens (tertiary/aromatic N) is 1. The van der Waals surface area contributed by atoms with Crippen LogP contribution in [0, 0.1) is 5.41 Å². The van der Waals surface area contributed by atoms with Crippen molar-refractivity contribution in [2.24, 2.45) is 0 Å². The first-order valence-electron chi connectivity index (χ1n) is 10.4. The first-order chi connectivity index (χ1) is 16.3. The van der Waals surface area contributed by atoms with Gasteiger partial charge in [0.15, 0.2) is 17.3 Å². The molecule has 2 aromatic carbocycles. The van der Waals surface area contributed by atoms with Gasteiger partial charge in [0.2, 0.25) is 0 Å². The molecule has 0 unspecified atom stereocenters. The Morgan fingerprint density at radius 3 is 2.26 bits per heavy atom. The van der Waals surface area contributed by atoms with Crippen molar-refractivity contribution in [2.75, 3.05) is 13.2 Å². The van der Waals surface area contributed by atoms with Crippen LogP contribution >= 0.6 is 0 Å². The molecule has 188 valence electrons. The van der Waals surface area contributed by atoms with E-state index >= 15 is 0 Å². The van der Waals surface area contributed by atoms with Gasteiger partial charge in [-0.15, -0.1) is 0 Å². The minimum Gasteiger partial charge on any atom is -0.490 e. The number of amidine groups is 1. The number of hydrogen-bond acceptors (Lipinski definition) is 4. The summed E-state index contributed by atoms with van der Waals surface area (Å²) in [7, 11) is 0. The summed E-state index contributed by atoms with van der Waals surface area (Å²) in [4.78, 5) is 13.1. The average Bonchev–Trinajstić information content (AvgIpc) is 3.04. The molecule has 0 atom stereocenters. The van der Waals surface area contributed by atoms with Gasteiger partial charge in [-0.3, -0.25) is 10.3 Å². The van der Waals surface area contributed by atoms with Gasteiger partial charge in [-0.05, 0) is 49.8 Å². The number of rotatable bonds is 7. The maximum Gasteiger partial charge on any atom is 0.416 e. The van der Waals surface area contributed by atoms with E-state index in [-0.39, 0.29) is 35.7 Å². The van der Waals surface area contributed by atoms with Crippen LogP contribution in [-0.4, -0.2) is 29.9 Å². The Morgan fingerprint density at radius 1 is 0.971 bits per heavy atom. The van der Waals surface area contributed by atoms with E-state index in [1.54, 1.807) is 13.8 Å². The minimum atomic E-state index is -5.01. The highest BCUT2D eigenvalue weighted by atomic mass is 19.4. The molecule has 12 heteroatoms. The smallest absolute Gasteiger partial charge is 0.416 e. The molecule has 0 saturated carbocycles. The summed E-state index contributed by atoms with van der Waals surface area (Å²) in [5.41, 5.74) is -2.55. The van der Waals surface area contributed by atoms with Crippen LogP contribution in [0.2, 0.25) is 0 Å². The molecule has 6 nitrogen and oxygen atoms in total.